The van der Waals surface area contributed by atoms with Crippen molar-refractivity contribution in [2.45, 2.75) is 65.7 Å². The SMILES string of the molecule is CCCCCCCOCOc1cnccc1-c1ccccc1OC(=O)CC(C)CC. The number of unbranched alkanes of at least 4 members (excludes halogenated alkanes) is 4. The van der Waals surface area contributed by atoms with E-state index >= 15 is 0 Å². The lowest BCUT2D eigenvalue weighted by atomic mass is 10.0. The molecule has 1 atom stereocenters. The second-order valence-electron chi connectivity index (χ2n) is 7.64. The molecule has 0 aliphatic heterocycles. The summed E-state index contributed by atoms with van der Waals surface area (Å²) in [6.45, 7) is 7.18. The molecule has 0 aliphatic carbocycles. The zero-order valence-electron chi connectivity index (χ0n) is 18.6. The van der Waals surface area contributed by atoms with E-state index in [1.54, 1.807) is 18.5 Å². The van der Waals surface area contributed by atoms with E-state index < -0.39 is 0 Å². The van der Waals surface area contributed by atoms with Gasteiger partial charge in [-0.1, -0.05) is 71.1 Å². The molecule has 5 heteroatoms. The lowest BCUT2D eigenvalue weighted by molar-refractivity contribution is -0.135. The number of esters is 1. The largest absolute Gasteiger partial charge is 0.465 e. The van der Waals surface area contributed by atoms with Crippen molar-refractivity contribution < 1.29 is 19.0 Å². The second-order valence-corrected chi connectivity index (χ2v) is 7.64. The Hall–Kier alpha value is -2.40. The monoisotopic (exact) mass is 413 g/mol. The molecule has 30 heavy (non-hydrogen) atoms. The Morgan fingerprint density at radius 2 is 1.77 bits per heavy atom. The first-order chi connectivity index (χ1) is 14.7. The number of para-hydroxylation sites is 1. The summed E-state index contributed by atoms with van der Waals surface area (Å²) in [5.41, 5.74) is 1.62. The fourth-order valence-corrected chi connectivity index (χ4v) is 3.06. The minimum absolute atomic E-state index is 0.169. The smallest absolute Gasteiger partial charge is 0.311 e. The van der Waals surface area contributed by atoms with Crippen molar-refractivity contribution in [3.05, 3.63) is 42.7 Å². The van der Waals surface area contributed by atoms with Crippen LogP contribution in [-0.2, 0) is 9.53 Å². The van der Waals surface area contributed by atoms with Gasteiger partial charge in [0.1, 0.15) is 11.5 Å². The molecule has 0 spiro atoms. The van der Waals surface area contributed by atoms with Crippen LogP contribution in [0.3, 0.4) is 0 Å². The van der Waals surface area contributed by atoms with E-state index in [9.17, 15) is 4.79 Å². The molecule has 0 N–H and O–H groups in total. The predicted octanol–water partition coefficient (Wildman–Crippen LogP) is 6.41. The quantitative estimate of drug-likeness (QED) is 0.155. The summed E-state index contributed by atoms with van der Waals surface area (Å²) in [5, 5.41) is 0. The number of nitrogens with zero attached hydrogens (tertiary/aromatic N) is 1. The number of ether oxygens (including phenoxy) is 3. The minimum atomic E-state index is -0.222. The maximum atomic E-state index is 12.3. The van der Waals surface area contributed by atoms with Crippen molar-refractivity contribution in [1.29, 1.82) is 0 Å². The van der Waals surface area contributed by atoms with Gasteiger partial charge in [0.15, 0.2) is 6.79 Å². The summed E-state index contributed by atoms with van der Waals surface area (Å²) in [5.74, 6) is 1.20. The van der Waals surface area contributed by atoms with E-state index in [1.807, 2.05) is 31.2 Å². The van der Waals surface area contributed by atoms with Crippen LogP contribution in [0.4, 0.5) is 0 Å². The van der Waals surface area contributed by atoms with Gasteiger partial charge in [0.2, 0.25) is 0 Å². The van der Waals surface area contributed by atoms with Gasteiger partial charge in [-0.2, -0.15) is 0 Å². The normalized spacial score (nSPS) is 11.8. The Labute approximate surface area is 180 Å². The van der Waals surface area contributed by atoms with Crippen molar-refractivity contribution in [2.24, 2.45) is 5.92 Å². The molecule has 1 heterocycles. The molecule has 0 amide bonds. The minimum Gasteiger partial charge on any atom is -0.465 e. The molecule has 0 fully saturated rings. The van der Waals surface area contributed by atoms with Crippen LogP contribution in [0, 0.1) is 5.92 Å². The van der Waals surface area contributed by atoms with Crippen LogP contribution in [0.15, 0.2) is 42.7 Å². The van der Waals surface area contributed by atoms with Gasteiger partial charge < -0.3 is 14.2 Å². The summed E-state index contributed by atoms with van der Waals surface area (Å²) in [7, 11) is 0. The van der Waals surface area contributed by atoms with Crippen LogP contribution in [0.2, 0.25) is 0 Å². The van der Waals surface area contributed by atoms with Crippen LogP contribution < -0.4 is 9.47 Å². The lowest BCUT2D eigenvalue weighted by Crippen LogP contribution is -2.12. The van der Waals surface area contributed by atoms with Crippen LogP contribution in [0.1, 0.15) is 65.7 Å². The predicted molar refractivity (Wildman–Crippen MR) is 120 cm³/mol. The van der Waals surface area contributed by atoms with Gasteiger partial charge in [-0.25, -0.2) is 0 Å². The van der Waals surface area contributed by atoms with Gasteiger partial charge in [-0.15, -0.1) is 0 Å². The van der Waals surface area contributed by atoms with Crippen molar-refractivity contribution in [1.82, 2.24) is 4.98 Å². The Morgan fingerprint density at radius 3 is 2.57 bits per heavy atom. The maximum Gasteiger partial charge on any atom is 0.311 e. The number of rotatable bonds is 14. The summed E-state index contributed by atoms with van der Waals surface area (Å²) in [6, 6.07) is 9.36. The fraction of sp³-hybridized carbons (Fsp3) is 0.520. The molecule has 1 aromatic carbocycles. The molecule has 164 valence electrons. The second kappa shape index (κ2) is 13.8. The maximum absolute atomic E-state index is 12.3. The van der Waals surface area contributed by atoms with Crippen molar-refractivity contribution >= 4 is 5.97 Å². The summed E-state index contributed by atoms with van der Waals surface area (Å²) in [6.07, 6.45) is 10.7. The molecule has 1 unspecified atom stereocenters. The highest BCUT2D eigenvalue weighted by molar-refractivity contribution is 5.80. The number of hydrogen-bond acceptors (Lipinski definition) is 5. The molecular weight excluding hydrogens is 378 g/mol. The average molecular weight is 414 g/mol. The van der Waals surface area contributed by atoms with Crippen LogP contribution in [0.5, 0.6) is 11.5 Å². The first kappa shape index (κ1) is 23.9. The third-order valence-electron chi connectivity index (χ3n) is 5.09. The summed E-state index contributed by atoms with van der Waals surface area (Å²) in [4.78, 5) is 16.5. The molecule has 5 nitrogen and oxygen atoms in total. The average Bonchev–Trinajstić information content (AvgIpc) is 2.76. The molecule has 0 saturated carbocycles. The van der Waals surface area contributed by atoms with E-state index in [0.717, 1.165) is 24.0 Å². The van der Waals surface area contributed by atoms with Crippen molar-refractivity contribution in [3.8, 4) is 22.6 Å². The highest BCUT2D eigenvalue weighted by atomic mass is 16.7. The van der Waals surface area contributed by atoms with Gasteiger partial charge in [-0.3, -0.25) is 9.78 Å². The highest BCUT2D eigenvalue weighted by Crippen LogP contribution is 2.36. The van der Waals surface area contributed by atoms with Gasteiger partial charge >= 0.3 is 5.97 Å². The van der Waals surface area contributed by atoms with E-state index in [0.29, 0.717) is 30.4 Å². The Bertz CT molecular complexity index is 762. The highest BCUT2D eigenvalue weighted by Gasteiger charge is 2.16. The summed E-state index contributed by atoms with van der Waals surface area (Å²) >= 11 is 0. The van der Waals surface area contributed by atoms with Crippen LogP contribution >= 0.6 is 0 Å². The first-order valence-corrected chi connectivity index (χ1v) is 11.1. The van der Waals surface area contributed by atoms with Gasteiger partial charge in [-0.05, 0) is 24.5 Å². The molecule has 1 aromatic heterocycles. The Kier molecular flexibility index (Phi) is 10.9. The zero-order valence-corrected chi connectivity index (χ0v) is 18.6. The van der Waals surface area contributed by atoms with E-state index in [1.165, 1.54) is 25.7 Å². The molecule has 0 bridgehead atoms. The number of aromatic nitrogens is 1. The number of hydrogen-bond donors (Lipinski definition) is 0. The third kappa shape index (κ3) is 8.15. The Morgan fingerprint density at radius 1 is 1.00 bits per heavy atom. The van der Waals surface area contributed by atoms with E-state index in [-0.39, 0.29) is 12.8 Å². The van der Waals surface area contributed by atoms with Crippen molar-refractivity contribution in [2.75, 3.05) is 13.4 Å². The Balaban J connectivity index is 1.99. The van der Waals surface area contributed by atoms with E-state index in [2.05, 4.69) is 18.8 Å². The molecule has 0 radical (unpaired) electrons. The molecule has 2 rings (SSSR count). The number of carbonyl (C=O) groups excluding carboxylic acids is 1. The van der Waals surface area contributed by atoms with E-state index in [4.69, 9.17) is 14.2 Å². The van der Waals surface area contributed by atoms with Gasteiger partial charge in [0.05, 0.1) is 12.8 Å². The van der Waals surface area contributed by atoms with Gasteiger partial charge in [0.25, 0.3) is 0 Å². The third-order valence-corrected chi connectivity index (χ3v) is 5.09. The standard InChI is InChI=1S/C25H35NO4/c1-4-6-7-8-11-16-28-19-29-24-18-26-15-14-22(24)21-12-9-10-13-23(21)30-25(27)17-20(3)5-2/h9-10,12-15,18,20H,4-8,11,16-17,19H2,1-3H3. The fourth-order valence-electron chi connectivity index (χ4n) is 3.06. The molecular formula is C25H35NO4. The van der Waals surface area contributed by atoms with Crippen molar-refractivity contribution in [3.63, 3.8) is 0 Å². The number of carbonyl (C=O) groups is 1. The van der Waals surface area contributed by atoms with Crippen LogP contribution in [0.25, 0.3) is 11.1 Å². The first-order valence-electron chi connectivity index (χ1n) is 11.1. The molecule has 2 aromatic rings. The zero-order chi connectivity index (χ0) is 21.6. The van der Waals surface area contributed by atoms with Crippen LogP contribution in [-0.4, -0.2) is 24.4 Å². The lowest BCUT2D eigenvalue weighted by Gasteiger charge is -2.15. The molecule has 0 saturated heterocycles. The number of benzene rings is 1. The van der Waals surface area contributed by atoms with Gasteiger partial charge in [0, 0.05) is 23.7 Å². The number of pyridine rings is 1. The molecule has 0 aliphatic rings. The summed E-state index contributed by atoms with van der Waals surface area (Å²) < 4.78 is 17.1. The topological polar surface area (TPSA) is 57.6 Å².